The Kier molecular flexibility index (Phi) is 2.26. The Morgan fingerprint density at radius 1 is 0.875 bits per heavy atom. The first-order valence-corrected chi connectivity index (χ1v) is 5.57. The second kappa shape index (κ2) is 3.89. The Morgan fingerprint density at radius 2 is 1.62 bits per heavy atom. The number of benzene rings is 2. The van der Waals surface area contributed by atoms with Gasteiger partial charge in [0.25, 0.3) is 0 Å². The molecule has 1 heterocycles. The van der Waals surface area contributed by atoms with Crippen LogP contribution in [0.15, 0.2) is 54.9 Å². The van der Waals surface area contributed by atoms with E-state index in [9.17, 15) is 0 Å². The maximum absolute atomic E-state index is 3.28. The fourth-order valence-electron chi connectivity index (χ4n) is 2.18. The van der Waals surface area contributed by atoms with Gasteiger partial charge >= 0.3 is 0 Å². The minimum absolute atomic E-state index is 0.325. The monoisotopic (exact) mass is 210 g/mol. The quantitative estimate of drug-likeness (QED) is 0.795. The van der Waals surface area contributed by atoms with Gasteiger partial charge < -0.3 is 10.6 Å². The van der Waals surface area contributed by atoms with Gasteiger partial charge in [-0.3, -0.25) is 0 Å². The average Bonchev–Trinajstić information content (AvgIpc) is 2.82. The zero-order valence-electron chi connectivity index (χ0n) is 8.98. The van der Waals surface area contributed by atoms with Crippen LogP contribution in [0.3, 0.4) is 0 Å². The third-order valence-corrected chi connectivity index (χ3v) is 2.98. The molecule has 2 nitrogen and oxygen atoms in total. The molecular formula is C14H14N2. The highest BCUT2D eigenvalue weighted by atomic mass is 15.1. The van der Waals surface area contributed by atoms with E-state index in [1.165, 1.54) is 16.3 Å². The summed E-state index contributed by atoms with van der Waals surface area (Å²) in [5.41, 5.74) is 1.38. The Morgan fingerprint density at radius 3 is 2.50 bits per heavy atom. The van der Waals surface area contributed by atoms with E-state index in [0.717, 1.165) is 6.42 Å². The van der Waals surface area contributed by atoms with Crippen LogP contribution in [0.2, 0.25) is 0 Å². The van der Waals surface area contributed by atoms with Crippen molar-refractivity contribution in [3.63, 3.8) is 0 Å². The number of nitrogens with one attached hydrogen (secondary N) is 2. The van der Waals surface area contributed by atoms with Gasteiger partial charge in [-0.25, -0.2) is 0 Å². The van der Waals surface area contributed by atoms with Gasteiger partial charge in [0, 0.05) is 18.8 Å². The van der Waals surface area contributed by atoms with Gasteiger partial charge in [-0.15, -0.1) is 0 Å². The van der Waals surface area contributed by atoms with Crippen LogP contribution >= 0.6 is 0 Å². The van der Waals surface area contributed by atoms with Crippen LogP contribution in [0, 0.1) is 0 Å². The summed E-state index contributed by atoms with van der Waals surface area (Å²) in [4.78, 5) is 0. The lowest BCUT2D eigenvalue weighted by atomic mass is 10.0. The maximum atomic E-state index is 3.28. The van der Waals surface area contributed by atoms with Crippen molar-refractivity contribution in [2.75, 3.05) is 0 Å². The molecule has 0 unspecified atom stereocenters. The third kappa shape index (κ3) is 1.63. The Labute approximate surface area is 95.0 Å². The lowest BCUT2D eigenvalue weighted by Gasteiger charge is -2.13. The third-order valence-electron chi connectivity index (χ3n) is 2.98. The van der Waals surface area contributed by atoms with Gasteiger partial charge in [-0.1, -0.05) is 42.5 Å². The normalized spacial score (nSPS) is 15.0. The topological polar surface area (TPSA) is 24.1 Å². The van der Waals surface area contributed by atoms with E-state index in [0.29, 0.717) is 6.17 Å². The summed E-state index contributed by atoms with van der Waals surface area (Å²) in [6.45, 7) is 0. The maximum Gasteiger partial charge on any atom is 0.0997 e. The summed E-state index contributed by atoms with van der Waals surface area (Å²) in [6, 6.07) is 15.0. The highest BCUT2D eigenvalue weighted by Crippen LogP contribution is 2.19. The predicted octanol–water partition coefficient (Wildman–Crippen LogP) is 2.37. The van der Waals surface area contributed by atoms with Crippen LogP contribution in [0.1, 0.15) is 5.56 Å². The number of hydrogen-bond donors (Lipinski definition) is 2. The summed E-state index contributed by atoms with van der Waals surface area (Å²) in [6.07, 6.45) is 5.23. The van der Waals surface area contributed by atoms with E-state index in [4.69, 9.17) is 0 Å². The molecule has 0 aliphatic carbocycles. The molecule has 0 aromatic heterocycles. The minimum Gasteiger partial charge on any atom is -0.370 e. The molecular weight excluding hydrogens is 196 g/mol. The SMILES string of the molecule is C1=CNC(Cc2cccc3ccccc23)N1. The number of fused-ring (bicyclic) bond motifs is 1. The second-order valence-electron chi connectivity index (χ2n) is 4.06. The van der Waals surface area contributed by atoms with Crippen molar-refractivity contribution in [1.82, 2.24) is 10.6 Å². The molecule has 2 N–H and O–H groups in total. The molecule has 0 bridgehead atoms. The standard InChI is InChI=1S/C14H14N2/c1-2-7-13-11(4-1)5-3-6-12(13)10-14-15-8-9-16-14/h1-9,14-16H,10H2. The number of hydrogen-bond acceptors (Lipinski definition) is 2. The van der Waals surface area contributed by atoms with Gasteiger partial charge in [-0.05, 0) is 16.3 Å². The van der Waals surface area contributed by atoms with E-state index in [1.807, 2.05) is 12.4 Å². The Hall–Kier alpha value is -1.96. The smallest absolute Gasteiger partial charge is 0.0997 e. The minimum atomic E-state index is 0.325. The molecule has 2 aromatic carbocycles. The van der Waals surface area contributed by atoms with Gasteiger partial charge in [0.1, 0.15) is 0 Å². The Bertz CT molecular complexity index is 518. The highest BCUT2D eigenvalue weighted by molar-refractivity contribution is 5.85. The molecule has 80 valence electrons. The molecule has 0 saturated carbocycles. The fraction of sp³-hybridized carbons (Fsp3) is 0.143. The molecule has 1 aliphatic rings. The van der Waals surface area contributed by atoms with Crippen molar-refractivity contribution in [3.8, 4) is 0 Å². The molecule has 2 aromatic rings. The van der Waals surface area contributed by atoms with Gasteiger partial charge in [0.05, 0.1) is 6.17 Å². The predicted molar refractivity (Wildman–Crippen MR) is 66.9 cm³/mol. The molecule has 0 fully saturated rings. The van der Waals surface area contributed by atoms with Crippen molar-refractivity contribution >= 4 is 10.8 Å². The summed E-state index contributed by atoms with van der Waals surface area (Å²) in [7, 11) is 0. The van der Waals surface area contributed by atoms with Crippen LogP contribution in [0.4, 0.5) is 0 Å². The largest absolute Gasteiger partial charge is 0.370 e. The summed E-state index contributed by atoms with van der Waals surface area (Å²) in [5, 5.41) is 9.21. The van der Waals surface area contributed by atoms with Crippen LogP contribution in [0.5, 0.6) is 0 Å². The van der Waals surface area contributed by atoms with Gasteiger partial charge in [0.15, 0.2) is 0 Å². The molecule has 3 rings (SSSR count). The molecule has 2 heteroatoms. The van der Waals surface area contributed by atoms with E-state index < -0.39 is 0 Å². The lowest BCUT2D eigenvalue weighted by Crippen LogP contribution is -2.32. The Balaban J connectivity index is 1.96. The van der Waals surface area contributed by atoms with Crippen molar-refractivity contribution in [2.45, 2.75) is 12.6 Å². The van der Waals surface area contributed by atoms with Crippen molar-refractivity contribution in [1.29, 1.82) is 0 Å². The first-order valence-electron chi connectivity index (χ1n) is 5.57. The molecule has 0 spiro atoms. The van der Waals surface area contributed by atoms with Gasteiger partial charge in [-0.2, -0.15) is 0 Å². The summed E-state index contributed by atoms with van der Waals surface area (Å²) >= 11 is 0. The fourth-order valence-corrected chi connectivity index (χ4v) is 2.18. The van der Waals surface area contributed by atoms with E-state index in [2.05, 4.69) is 53.1 Å². The van der Waals surface area contributed by atoms with Crippen molar-refractivity contribution < 1.29 is 0 Å². The van der Waals surface area contributed by atoms with Crippen LogP contribution < -0.4 is 10.6 Å². The van der Waals surface area contributed by atoms with E-state index in [1.54, 1.807) is 0 Å². The highest BCUT2D eigenvalue weighted by Gasteiger charge is 2.10. The lowest BCUT2D eigenvalue weighted by molar-refractivity contribution is 0.569. The molecule has 0 radical (unpaired) electrons. The van der Waals surface area contributed by atoms with Crippen molar-refractivity contribution in [3.05, 3.63) is 60.4 Å². The van der Waals surface area contributed by atoms with Crippen LogP contribution in [-0.2, 0) is 6.42 Å². The van der Waals surface area contributed by atoms with E-state index in [-0.39, 0.29) is 0 Å². The summed E-state index contributed by atoms with van der Waals surface area (Å²) < 4.78 is 0. The zero-order chi connectivity index (χ0) is 10.8. The molecule has 1 aliphatic heterocycles. The molecule has 0 atom stereocenters. The first kappa shape index (κ1) is 9.28. The summed E-state index contributed by atoms with van der Waals surface area (Å²) in [5.74, 6) is 0. The zero-order valence-corrected chi connectivity index (χ0v) is 8.98. The first-order chi connectivity index (χ1) is 7.93. The molecule has 0 amide bonds. The van der Waals surface area contributed by atoms with Crippen molar-refractivity contribution in [2.24, 2.45) is 0 Å². The van der Waals surface area contributed by atoms with Crippen LogP contribution in [-0.4, -0.2) is 6.17 Å². The average molecular weight is 210 g/mol. The van der Waals surface area contributed by atoms with Gasteiger partial charge in [0.2, 0.25) is 0 Å². The van der Waals surface area contributed by atoms with E-state index >= 15 is 0 Å². The second-order valence-corrected chi connectivity index (χ2v) is 4.06. The van der Waals surface area contributed by atoms with Crippen LogP contribution in [0.25, 0.3) is 10.8 Å². The molecule has 0 saturated heterocycles. The molecule has 16 heavy (non-hydrogen) atoms. The number of rotatable bonds is 2.